The van der Waals surface area contributed by atoms with E-state index < -0.39 is 0 Å². The van der Waals surface area contributed by atoms with Crippen molar-refractivity contribution >= 4 is 53.3 Å². The monoisotopic (exact) mass is 698 g/mol. The lowest BCUT2D eigenvalue weighted by atomic mass is 10.00. The Balaban J connectivity index is 1.12. The normalized spacial score (nSPS) is 11.6. The summed E-state index contributed by atoms with van der Waals surface area (Å²) >= 11 is 1.90. The van der Waals surface area contributed by atoms with Gasteiger partial charge in [0.15, 0.2) is 17.5 Å². The lowest BCUT2D eigenvalue weighted by Gasteiger charge is -2.12. The molecule has 0 saturated carbocycles. The van der Waals surface area contributed by atoms with Crippen LogP contribution in [0.15, 0.2) is 164 Å². The third kappa shape index (κ3) is 5.49. The number of nitrogens with zero attached hydrogens (tertiary/aromatic N) is 4. The summed E-state index contributed by atoms with van der Waals surface area (Å²) in [4.78, 5) is 14.9. The van der Waals surface area contributed by atoms with Crippen LogP contribution >= 0.6 is 11.3 Å². The Hall–Kier alpha value is -6.43. The van der Waals surface area contributed by atoms with Crippen LogP contribution in [-0.2, 0) is 6.42 Å². The quantitative estimate of drug-likeness (QED) is 0.166. The fourth-order valence-corrected chi connectivity index (χ4v) is 8.88. The predicted molar refractivity (Wildman–Crippen MR) is 223 cm³/mol. The Morgan fingerprint density at radius 3 is 1.87 bits per heavy atom. The predicted octanol–water partition coefficient (Wildman–Crippen LogP) is 13.0. The van der Waals surface area contributed by atoms with E-state index in [-0.39, 0.29) is 0 Å². The molecule has 0 N–H and O–H groups in total. The van der Waals surface area contributed by atoms with Gasteiger partial charge in [0, 0.05) is 53.3 Å². The highest BCUT2D eigenvalue weighted by Crippen LogP contribution is 2.42. The number of aryl methyl sites for hydroxylation is 1. The van der Waals surface area contributed by atoms with Gasteiger partial charge in [-0.1, -0.05) is 135 Å². The van der Waals surface area contributed by atoms with Crippen molar-refractivity contribution in [2.75, 3.05) is 0 Å². The first kappa shape index (κ1) is 31.3. The van der Waals surface area contributed by atoms with Crippen molar-refractivity contribution in [2.45, 2.75) is 19.8 Å². The lowest BCUT2D eigenvalue weighted by molar-refractivity contribution is 0.924. The molecule has 0 aliphatic heterocycles. The van der Waals surface area contributed by atoms with Crippen molar-refractivity contribution in [2.24, 2.45) is 0 Å². The van der Waals surface area contributed by atoms with E-state index in [9.17, 15) is 0 Å². The summed E-state index contributed by atoms with van der Waals surface area (Å²) in [6, 6.07) is 58.2. The molecule has 0 fully saturated rings. The van der Waals surface area contributed by atoms with Gasteiger partial charge in [0.05, 0.1) is 11.0 Å². The van der Waals surface area contributed by atoms with Gasteiger partial charge < -0.3 is 4.57 Å². The largest absolute Gasteiger partial charge is 0.309 e. The van der Waals surface area contributed by atoms with Crippen molar-refractivity contribution < 1.29 is 0 Å². The Morgan fingerprint density at radius 1 is 0.472 bits per heavy atom. The first-order valence-corrected chi connectivity index (χ1v) is 19.0. The minimum Gasteiger partial charge on any atom is -0.309 e. The molecule has 0 spiro atoms. The number of rotatable bonds is 7. The molecular weight excluding hydrogens is 665 g/mol. The zero-order valence-electron chi connectivity index (χ0n) is 29.2. The van der Waals surface area contributed by atoms with E-state index in [1.807, 2.05) is 72.0 Å². The van der Waals surface area contributed by atoms with Crippen molar-refractivity contribution in [3.8, 4) is 51.0 Å². The van der Waals surface area contributed by atoms with Gasteiger partial charge in [-0.15, -0.1) is 11.3 Å². The van der Waals surface area contributed by atoms with Crippen LogP contribution in [-0.4, -0.2) is 19.5 Å². The Labute approximate surface area is 311 Å². The summed E-state index contributed by atoms with van der Waals surface area (Å²) in [6.07, 6.45) is 2.26. The summed E-state index contributed by atoms with van der Waals surface area (Å²) in [6.45, 7) is 2.25. The number of para-hydroxylation sites is 1. The topological polar surface area (TPSA) is 43.6 Å². The third-order valence-corrected chi connectivity index (χ3v) is 11.4. The Kier molecular flexibility index (Phi) is 7.66. The summed E-state index contributed by atoms with van der Waals surface area (Å²) in [5.41, 5.74) is 10.1. The molecule has 7 aromatic carbocycles. The maximum absolute atomic E-state index is 5.02. The van der Waals surface area contributed by atoms with E-state index in [1.165, 1.54) is 47.6 Å². The van der Waals surface area contributed by atoms with Gasteiger partial charge in [0.25, 0.3) is 0 Å². The fourth-order valence-electron chi connectivity index (χ4n) is 7.66. The van der Waals surface area contributed by atoms with Crippen LogP contribution in [0.25, 0.3) is 93.0 Å². The van der Waals surface area contributed by atoms with Crippen LogP contribution < -0.4 is 0 Å². The number of hydrogen-bond acceptors (Lipinski definition) is 4. The maximum atomic E-state index is 5.02. The molecule has 10 rings (SSSR count). The highest BCUT2D eigenvalue weighted by atomic mass is 32.1. The second-order valence-electron chi connectivity index (χ2n) is 13.5. The van der Waals surface area contributed by atoms with Crippen LogP contribution in [0, 0.1) is 0 Å². The molecule has 0 atom stereocenters. The molecule has 4 nitrogen and oxygen atoms in total. The smallest absolute Gasteiger partial charge is 0.164 e. The van der Waals surface area contributed by atoms with E-state index in [0.29, 0.717) is 17.5 Å². The Bertz CT molecular complexity index is 2900. The fraction of sp³-hybridized carbons (Fsp3) is 0.0625. The van der Waals surface area contributed by atoms with Gasteiger partial charge in [-0.05, 0) is 65.6 Å². The van der Waals surface area contributed by atoms with Crippen LogP contribution in [0.4, 0.5) is 0 Å². The molecular formula is C48H34N4S. The summed E-state index contributed by atoms with van der Waals surface area (Å²) in [7, 11) is 0. The van der Waals surface area contributed by atoms with Crippen molar-refractivity contribution in [1.82, 2.24) is 19.5 Å². The van der Waals surface area contributed by atoms with Gasteiger partial charge in [-0.25, -0.2) is 15.0 Å². The molecule has 3 heterocycles. The second kappa shape index (κ2) is 13.0. The molecule has 0 bridgehead atoms. The molecule has 0 aliphatic rings. The minimum atomic E-state index is 0.640. The molecule has 0 unspecified atom stereocenters. The molecule has 5 heteroatoms. The maximum Gasteiger partial charge on any atom is 0.164 e. The number of benzene rings is 7. The summed E-state index contributed by atoms with van der Waals surface area (Å²) in [5, 5.41) is 5.15. The molecule has 252 valence electrons. The van der Waals surface area contributed by atoms with Crippen LogP contribution in [0.5, 0.6) is 0 Å². The minimum absolute atomic E-state index is 0.640. The number of hydrogen-bond donors (Lipinski definition) is 0. The van der Waals surface area contributed by atoms with E-state index in [0.717, 1.165) is 46.3 Å². The summed E-state index contributed by atoms with van der Waals surface area (Å²) < 4.78 is 5.05. The van der Waals surface area contributed by atoms with Crippen LogP contribution in [0.2, 0.25) is 0 Å². The SMILES string of the molecule is CCCc1ccc2sc3c(-c4ccc5c(c4)c4ccccc4n5-c4cccc(-c5nc(-c6ccccc6)nc(-c6ccccc6)n5)c4)cccc3c2c1. The van der Waals surface area contributed by atoms with Gasteiger partial charge >= 0.3 is 0 Å². The number of fused-ring (bicyclic) bond motifs is 6. The average Bonchev–Trinajstić information content (AvgIpc) is 3.77. The molecule has 53 heavy (non-hydrogen) atoms. The van der Waals surface area contributed by atoms with E-state index in [4.69, 9.17) is 15.0 Å². The highest BCUT2D eigenvalue weighted by Gasteiger charge is 2.18. The molecule has 10 aromatic rings. The zero-order chi connectivity index (χ0) is 35.3. The molecule has 0 amide bonds. The molecule has 0 radical (unpaired) electrons. The van der Waals surface area contributed by atoms with Gasteiger partial charge in [-0.3, -0.25) is 0 Å². The van der Waals surface area contributed by atoms with Crippen molar-refractivity contribution in [3.05, 3.63) is 169 Å². The van der Waals surface area contributed by atoms with Crippen molar-refractivity contribution in [1.29, 1.82) is 0 Å². The lowest BCUT2D eigenvalue weighted by Crippen LogP contribution is -2.01. The zero-order valence-corrected chi connectivity index (χ0v) is 30.0. The van der Waals surface area contributed by atoms with Crippen LogP contribution in [0.1, 0.15) is 18.9 Å². The average molecular weight is 699 g/mol. The van der Waals surface area contributed by atoms with Crippen LogP contribution in [0.3, 0.4) is 0 Å². The number of thiophene rings is 1. The first-order chi connectivity index (χ1) is 26.2. The first-order valence-electron chi connectivity index (χ1n) is 18.2. The highest BCUT2D eigenvalue weighted by molar-refractivity contribution is 7.26. The second-order valence-corrected chi connectivity index (χ2v) is 14.6. The third-order valence-electron chi connectivity index (χ3n) is 10.1. The number of aromatic nitrogens is 4. The van der Waals surface area contributed by atoms with E-state index >= 15 is 0 Å². The molecule has 0 aliphatic carbocycles. The van der Waals surface area contributed by atoms with Crippen molar-refractivity contribution in [3.63, 3.8) is 0 Å². The van der Waals surface area contributed by atoms with E-state index in [1.54, 1.807) is 0 Å². The molecule has 0 saturated heterocycles. The standard InChI is InChI=1S/C48H34N4S/c1-2-13-31-24-27-44-41(28-31)39-22-12-21-37(45(39)53-44)34-25-26-43-40(30-34)38-20-9-10-23-42(38)52(43)36-19-11-18-35(29-36)48-50-46(32-14-5-3-6-15-32)49-47(51-48)33-16-7-4-8-17-33/h3-12,14-30H,2,13H2,1H3. The van der Waals surface area contributed by atoms with Gasteiger partial charge in [0.2, 0.25) is 0 Å². The van der Waals surface area contributed by atoms with Gasteiger partial charge in [-0.2, -0.15) is 0 Å². The summed E-state index contributed by atoms with van der Waals surface area (Å²) in [5.74, 6) is 1.94. The Morgan fingerprint density at radius 2 is 1.11 bits per heavy atom. The molecule has 3 aromatic heterocycles. The van der Waals surface area contributed by atoms with E-state index in [2.05, 4.69) is 115 Å². The van der Waals surface area contributed by atoms with Gasteiger partial charge in [0.1, 0.15) is 0 Å².